The van der Waals surface area contributed by atoms with E-state index in [-0.39, 0.29) is 28.6 Å². The van der Waals surface area contributed by atoms with Crippen LogP contribution in [0, 0.1) is 30.6 Å². The van der Waals surface area contributed by atoms with Crippen molar-refractivity contribution in [1.82, 2.24) is 0 Å². The number of aryl methyl sites for hydroxylation is 2. The van der Waals surface area contributed by atoms with Crippen LogP contribution in [0.3, 0.4) is 0 Å². The van der Waals surface area contributed by atoms with Crippen molar-refractivity contribution >= 4 is 27.6 Å². The predicted octanol–water partition coefficient (Wildman–Crippen LogP) is 5.74. The molecule has 0 radical (unpaired) electrons. The minimum atomic E-state index is -4.00. The molecule has 2 fully saturated rings. The molecule has 4 rings (SSSR count). The molecular formula is C31H39NO6S. The number of rotatable bonds is 9. The van der Waals surface area contributed by atoms with E-state index in [0.29, 0.717) is 12.1 Å². The molecule has 2 bridgehead atoms. The zero-order valence-electron chi connectivity index (χ0n) is 23.6. The molecule has 210 valence electrons. The van der Waals surface area contributed by atoms with Crippen molar-refractivity contribution in [3.63, 3.8) is 0 Å². The first-order valence-electron chi connectivity index (χ1n) is 13.4. The summed E-state index contributed by atoms with van der Waals surface area (Å²) in [6.07, 6.45) is 4.43. The Balaban J connectivity index is 1.79. The summed E-state index contributed by atoms with van der Waals surface area (Å²) in [5.74, 6) is -0.925. The number of hydrogen-bond donors (Lipinski definition) is 0. The van der Waals surface area contributed by atoms with E-state index in [0.717, 1.165) is 24.0 Å². The third kappa shape index (κ3) is 5.23. The van der Waals surface area contributed by atoms with Crippen LogP contribution in [0.25, 0.3) is 0 Å². The van der Waals surface area contributed by atoms with Crippen LogP contribution < -0.4 is 4.31 Å². The number of sulfonamides is 1. The number of anilines is 1. The van der Waals surface area contributed by atoms with Gasteiger partial charge in [-0.05, 0) is 79.8 Å². The number of carbonyl (C=O) groups excluding carboxylic acids is 2. The van der Waals surface area contributed by atoms with Crippen molar-refractivity contribution in [3.8, 4) is 0 Å². The number of allylic oxidation sites excluding steroid dienone is 1. The van der Waals surface area contributed by atoms with E-state index in [1.807, 2.05) is 32.0 Å². The standard InChI is InChI=1S/C31H39NO6S/c1-21-18-22(2)20-23(19-21)32(39(35,36)24-12-8-7-9-13-24)28-25-16-17-31(5,30(25,3)4)29(28)38-27(34)15-11-10-14-26(33)37-6/h7-9,11-13,15,18-20,25,28-29H,10,14,16-17H2,1-6H3/b15-11+/t25-,28+,29+,31+/m1/s1. The Kier molecular flexibility index (Phi) is 7.99. The molecule has 0 spiro atoms. The molecular weight excluding hydrogens is 514 g/mol. The zero-order valence-corrected chi connectivity index (χ0v) is 24.5. The van der Waals surface area contributed by atoms with Crippen LogP contribution >= 0.6 is 0 Å². The lowest BCUT2D eigenvalue weighted by Crippen LogP contribution is -2.53. The molecule has 39 heavy (non-hydrogen) atoms. The van der Waals surface area contributed by atoms with E-state index in [1.165, 1.54) is 17.5 Å². The van der Waals surface area contributed by atoms with Crippen LogP contribution in [-0.2, 0) is 29.1 Å². The van der Waals surface area contributed by atoms with Crippen molar-refractivity contribution < 1.29 is 27.5 Å². The first kappa shape index (κ1) is 28.9. The van der Waals surface area contributed by atoms with Gasteiger partial charge in [0.25, 0.3) is 10.0 Å². The van der Waals surface area contributed by atoms with Gasteiger partial charge in [0.05, 0.1) is 23.7 Å². The summed E-state index contributed by atoms with van der Waals surface area (Å²) in [6, 6.07) is 13.6. The topological polar surface area (TPSA) is 90.0 Å². The van der Waals surface area contributed by atoms with E-state index < -0.39 is 33.6 Å². The number of hydrogen-bond acceptors (Lipinski definition) is 6. The Bertz CT molecular complexity index is 1350. The Morgan fingerprint density at radius 1 is 1.05 bits per heavy atom. The van der Waals surface area contributed by atoms with Gasteiger partial charge in [-0.2, -0.15) is 0 Å². The van der Waals surface area contributed by atoms with Gasteiger partial charge in [0.2, 0.25) is 0 Å². The van der Waals surface area contributed by atoms with Gasteiger partial charge in [0, 0.05) is 17.9 Å². The third-order valence-electron chi connectivity index (χ3n) is 9.00. The van der Waals surface area contributed by atoms with Crippen LogP contribution in [0.15, 0.2) is 65.6 Å². The molecule has 4 atom stereocenters. The molecule has 2 aliphatic carbocycles. The Labute approximate surface area is 232 Å². The van der Waals surface area contributed by atoms with E-state index >= 15 is 0 Å². The van der Waals surface area contributed by atoms with Gasteiger partial charge in [-0.1, -0.05) is 51.1 Å². The molecule has 2 aromatic carbocycles. The average Bonchev–Trinajstić information content (AvgIpc) is 3.19. The number of methoxy groups -OCH3 is 1. The summed E-state index contributed by atoms with van der Waals surface area (Å²) in [6.45, 7) is 10.3. The minimum absolute atomic E-state index is 0.0251. The van der Waals surface area contributed by atoms with E-state index in [1.54, 1.807) is 36.4 Å². The highest BCUT2D eigenvalue weighted by molar-refractivity contribution is 7.92. The van der Waals surface area contributed by atoms with Gasteiger partial charge >= 0.3 is 11.9 Å². The maximum absolute atomic E-state index is 14.4. The summed E-state index contributed by atoms with van der Waals surface area (Å²) < 4.78 is 41.1. The van der Waals surface area contributed by atoms with Crippen molar-refractivity contribution in [2.24, 2.45) is 16.7 Å². The number of carbonyl (C=O) groups is 2. The number of benzene rings is 2. The fourth-order valence-corrected chi connectivity index (χ4v) is 8.33. The zero-order chi connectivity index (χ0) is 28.6. The first-order valence-corrected chi connectivity index (χ1v) is 14.9. The molecule has 0 unspecified atom stereocenters. The predicted molar refractivity (Wildman–Crippen MR) is 151 cm³/mol. The molecule has 2 aliphatic rings. The van der Waals surface area contributed by atoms with Crippen LogP contribution in [0.4, 0.5) is 5.69 Å². The molecule has 0 heterocycles. The Morgan fingerprint density at radius 3 is 2.31 bits per heavy atom. The number of ether oxygens (including phenoxy) is 2. The lowest BCUT2D eigenvalue weighted by atomic mass is 9.70. The summed E-state index contributed by atoms with van der Waals surface area (Å²) in [5.41, 5.74) is 1.77. The second kappa shape index (κ2) is 10.8. The number of nitrogens with zero attached hydrogens (tertiary/aromatic N) is 1. The maximum Gasteiger partial charge on any atom is 0.330 e. The van der Waals surface area contributed by atoms with Crippen LogP contribution in [0.1, 0.15) is 57.6 Å². The quantitative estimate of drug-likeness (QED) is 0.290. The Hall–Kier alpha value is -3.13. The lowest BCUT2D eigenvalue weighted by molar-refractivity contribution is -0.151. The van der Waals surface area contributed by atoms with Gasteiger partial charge in [-0.25, -0.2) is 13.2 Å². The minimum Gasteiger partial charge on any atom is -0.469 e. The van der Waals surface area contributed by atoms with Crippen LogP contribution in [0.2, 0.25) is 0 Å². The maximum atomic E-state index is 14.4. The van der Waals surface area contributed by atoms with Gasteiger partial charge < -0.3 is 9.47 Å². The van der Waals surface area contributed by atoms with E-state index in [2.05, 4.69) is 25.5 Å². The molecule has 7 nitrogen and oxygen atoms in total. The fourth-order valence-electron chi connectivity index (χ4n) is 6.64. The van der Waals surface area contributed by atoms with E-state index in [9.17, 15) is 18.0 Å². The van der Waals surface area contributed by atoms with Crippen LogP contribution in [-0.4, -0.2) is 39.6 Å². The van der Waals surface area contributed by atoms with Gasteiger partial charge in [-0.3, -0.25) is 9.10 Å². The molecule has 8 heteroatoms. The monoisotopic (exact) mass is 553 g/mol. The second-order valence-electron chi connectivity index (χ2n) is 11.6. The largest absolute Gasteiger partial charge is 0.469 e. The summed E-state index contributed by atoms with van der Waals surface area (Å²) in [4.78, 5) is 24.7. The molecule has 0 N–H and O–H groups in total. The molecule has 0 amide bonds. The number of fused-ring (bicyclic) bond motifs is 2. The van der Waals surface area contributed by atoms with Crippen LogP contribution in [0.5, 0.6) is 0 Å². The average molecular weight is 554 g/mol. The van der Waals surface area contributed by atoms with Gasteiger partial charge in [0.1, 0.15) is 6.10 Å². The SMILES string of the molecule is COC(=O)CC/C=C/C(=O)O[C@H]1[C@@H](N(c2cc(C)cc(C)c2)S(=O)(=O)c2ccccc2)[C@H]2CC[C@]1(C)C2(C)C. The lowest BCUT2D eigenvalue weighted by Gasteiger charge is -2.42. The molecule has 2 saturated carbocycles. The number of esters is 2. The summed E-state index contributed by atoms with van der Waals surface area (Å²) in [5, 5.41) is 0. The van der Waals surface area contributed by atoms with Crippen molar-refractivity contribution in [3.05, 3.63) is 71.8 Å². The Morgan fingerprint density at radius 2 is 1.69 bits per heavy atom. The highest BCUT2D eigenvalue weighted by Crippen LogP contribution is 2.67. The molecule has 2 aromatic rings. The molecule has 0 aromatic heterocycles. The highest BCUT2D eigenvalue weighted by Gasteiger charge is 2.70. The normalized spacial score (nSPS) is 25.5. The van der Waals surface area contributed by atoms with Crippen molar-refractivity contribution in [2.45, 2.75) is 77.3 Å². The molecule has 0 aliphatic heterocycles. The van der Waals surface area contributed by atoms with E-state index in [4.69, 9.17) is 4.74 Å². The first-order chi connectivity index (χ1) is 18.3. The third-order valence-corrected chi connectivity index (χ3v) is 10.8. The second-order valence-corrected chi connectivity index (χ2v) is 13.4. The van der Waals surface area contributed by atoms with Crippen molar-refractivity contribution in [1.29, 1.82) is 0 Å². The summed E-state index contributed by atoms with van der Waals surface area (Å²) in [7, 11) is -2.68. The van der Waals surface area contributed by atoms with Gasteiger partial charge in [-0.15, -0.1) is 0 Å². The smallest absolute Gasteiger partial charge is 0.330 e. The summed E-state index contributed by atoms with van der Waals surface area (Å²) >= 11 is 0. The van der Waals surface area contributed by atoms with Gasteiger partial charge in [0.15, 0.2) is 0 Å². The highest BCUT2D eigenvalue weighted by atomic mass is 32.2. The fraction of sp³-hybridized carbons (Fsp3) is 0.484. The van der Waals surface area contributed by atoms with Crippen molar-refractivity contribution in [2.75, 3.05) is 11.4 Å². The molecule has 0 saturated heterocycles.